The summed E-state index contributed by atoms with van der Waals surface area (Å²) in [4.78, 5) is 10.5. The van der Waals surface area contributed by atoms with Gasteiger partial charge in [0.1, 0.15) is 0 Å². The van der Waals surface area contributed by atoms with Gasteiger partial charge in [0.2, 0.25) is 0 Å². The van der Waals surface area contributed by atoms with Crippen LogP contribution in [0.25, 0.3) is 0 Å². The van der Waals surface area contributed by atoms with Gasteiger partial charge in [0.15, 0.2) is 0 Å². The van der Waals surface area contributed by atoms with Crippen molar-refractivity contribution in [2.75, 3.05) is 6.61 Å². The van der Waals surface area contributed by atoms with Gasteiger partial charge in [-0.05, 0) is 57.1 Å². The van der Waals surface area contributed by atoms with E-state index in [1.54, 1.807) is 0 Å². The first kappa shape index (κ1) is 18.7. The maximum Gasteiger partial charge on any atom is 0.302 e. The number of unbranched alkanes of at least 4 members (excludes halogenated alkanes) is 6. The van der Waals surface area contributed by atoms with Crippen LogP contribution in [0.1, 0.15) is 71.6 Å². The monoisotopic (exact) mass is 278 g/mol. The SMILES string of the molecule is CCCCC/C=C/CCC=C=CCCCCOC(C)=O. The lowest BCUT2D eigenvalue weighted by atomic mass is 10.2. The molecule has 0 spiro atoms. The van der Waals surface area contributed by atoms with Crippen molar-refractivity contribution in [2.45, 2.75) is 71.6 Å². The highest BCUT2D eigenvalue weighted by Crippen LogP contribution is 2.01. The Labute approximate surface area is 124 Å². The minimum atomic E-state index is -0.191. The number of hydrogen-bond acceptors (Lipinski definition) is 2. The third kappa shape index (κ3) is 16.7. The number of hydrogen-bond donors (Lipinski definition) is 0. The summed E-state index contributed by atoms with van der Waals surface area (Å²) in [6.45, 7) is 4.22. The molecule has 0 aliphatic rings. The molecule has 20 heavy (non-hydrogen) atoms. The fourth-order valence-corrected chi connectivity index (χ4v) is 1.74. The van der Waals surface area contributed by atoms with Crippen LogP contribution < -0.4 is 0 Å². The number of carbonyl (C=O) groups excluding carboxylic acids is 1. The van der Waals surface area contributed by atoms with Crippen LogP contribution in [0, 0.1) is 0 Å². The molecule has 0 atom stereocenters. The Morgan fingerprint density at radius 3 is 2.40 bits per heavy atom. The van der Waals surface area contributed by atoms with Gasteiger partial charge in [-0.15, -0.1) is 5.73 Å². The van der Waals surface area contributed by atoms with Crippen molar-refractivity contribution >= 4 is 5.97 Å². The van der Waals surface area contributed by atoms with Crippen LogP contribution in [0.2, 0.25) is 0 Å². The van der Waals surface area contributed by atoms with Crippen LogP contribution in [0.15, 0.2) is 30.0 Å². The van der Waals surface area contributed by atoms with Crippen molar-refractivity contribution in [1.82, 2.24) is 0 Å². The zero-order chi connectivity index (χ0) is 14.9. The molecule has 0 rings (SSSR count). The Balaban J connectivity index is 3.33. The third-order valence-electron chi connectivity index (χ3n) is 2.90. The number of allylic oxidation sites excluding steroid dienone is 3. The average Bonchev–Trinajstić information content (AvgIpc) is 2.43. The molecule has 0 unspecified atom stereocenters. The smallest absolute Gasteiger partial charge is 0.302 e. The van der Waals surface area contributed by atoms with Gasteiger partial charge in [-0.2, -0.15) is 0 Å². The Kier molecular flexibility index (Phi) is 14.8. The Bertz CT molecular complexity index is 309. The van der Waals surface area contributed by atoms with Crippen LogP contribution in [-0.4, -0.2) is 12.6 Å². The molecular formula is C18H30O2. The Morgan fingerprint density at radius 1 is 0.950 bits per heavy atom. The van der Waals surface area contributed by atoms with E-state index in [9.17, 15) is 4.79 Å². The molecule has 0 heterocycles. The zero-order valence-corrected chi connectivity index (χ0v) is 13.2. The standard InChI is InChI=1S/C18H30O2/c1-3-4-5-6-7-8-9-10-11-12-13-14-15-16-17-20-18(2)19/h7-8,11,13H,3-6,9-10,14-17H2,1-2H3/b8-7+. The topological polar surface area (TPSA) is 26.3 Å². The molecule has 0 aliphatic heterocycles. The molecule has 0 aromatic carbocycles. The molecule has 0 N–H and O–H groups in total. The fraction of sp³-hybridized carbons (Fsp3) is 0.667. The van der Waals surface area contributed by atoms with Gasteiger partial charge in [-0.1, -0.05) is 31.9 Å². The van der Waals surface area contributed by atoms with Gasteiger partial charge in [-0.25, -0.2) is 0 Å². The highest BCUT2D eigenvalue weighted by Gasteiger charge is 1.90. The lowest BCUT2D eigenvalue weighted by Crippen LogP contribution is -1.99. The third-order valence-corrected chi connectivity index (χ3v) is 2.90. The van der Waals surface area contributed by atoms with Gasteiger partial charge in [-0.3, -0.25) is 4.79 Å². The Hall–Kier alpha value is -1.27. The molecule has 0 radical (unpaired) electrons. The lowest BCUT2D eigenvalue weighted by Gasteiger charge is -1.98. The predicted molar refractivity (Wildman–Crippen MR) is 85.7 cm³/mol. The number of ether oxygens (including phenoxy) is 1. The van der Waals surface area contributed by atoms with Crippen molar-refractivity contribution in [1.29, 1.82) is 0 Å². The summed E-state index contributed by atoms with van der Waals surface area (Å²) < 4.78 is 4.86. The Morgan fingerprint density at radius 2 is 1.65 bits per heavy atom. The summed E-state index contributed by atoms with van der Waals surface area (Å²) in [5, 5.41) is 0. The van der Waals surface area contributed by atoms with Crippen molar-refractivity contribution in [2.24, 2.45) is 0 Å². The first-order chi connectivity index (χ1) is 9.77. The van der Waals surface area contributed by atoms with Crippen LogP contribution >= 0.6 is 0 Å². The van der Waals surface area contributed by atoms with Crippen molar-refractivity contribution in [3.05, 3.63) is 30.0 Å². The molecule has 0 aliphatic carbocycles. The minimum Gasteiger partial charge on any atom is -0.466 e. The first-order valence-electron chi connectivity index (χ1n) is 7.95. The second kappa shape index (κ2) is 15.8. The summed E-state index contributed by atoms with van der Waals surface area (Å²) in [5.74, 6) is -0.191. The van der Waals surface area contributed by atoms with Gasteiger partial charge >= 0.3 is 5.97 Å². The molecule has 0 aromatic rings. The van der Waals surface area contributed by atoms with Crippen LogP contribution in [0.5, 0.6) is 0 Å². The molecule has 114 valence electrons. The van der Waals surface area contributed by atoms with E-state index < -0.39 is 0 Å². The maximum absolute atomic E-state index is 10.5. The van der Waals surface area contributed by atoms with E-state index in [1.165, 1.54) is 32.6 Å². The molecular weight excluding hydrogens is 248 g/mol. The van der Waals surface area contributed by atoms with E-state index in [4.69, 9.17) is 4.74 Å². The minimum absolute atomic E-state index is 0.191. The summed E-state index contributed by atoms with van der Waals surface area (Å²) in [6, 6.07) is 0. The molecule has 2 nitrogen and oxygen atoms in total. The molecule has 0 fully saturated rings. The second-order valence-corrected chi connectivity index (χ2v) is 4.96. The quantitative estimate of drug-likeness (QED) is 0.208. The van der Waals surface area contributed by atoms with Crippen molar-refractivity contribution in [3.8, 4) is 0 Å². The number of carbonyl (C=O) groups is 1. The van der Waals surface area contributed by atoms with Crippen molar-refractivity contribution < 1.29 is 9.53 Å². The van der Waals surface area contributed by atoms with Crippen LogP contribution in [0.3, 0.4) is 0 Å². The summed E-state index contributed by atoms with van der Waals surface area (Å²) in [5.41, 5.74) is 3.20. The highest BCUT2D eigenvalue weighted by molar-refractivity contribution is 5.65. The van der Waals surface area contributed by atoms with Crippen LogP contribution in [-0.2, 0) is 9.53 Å². The number of rotatable bonds is 12. The van der Waals surface area contributed by atoms with Crippen LogP contribution in [0.4, 0.5) is 0 Å². The molecule has 0 aromatic heterocycles. The van der Waals surface area contributed by atoms with Crippen molar-refractivity contribution in [3.63, 3.8) is 0 Å². The molecule has 0 amide bonds. The van der Waals surface area contributed by atoms with E-state index in [0.29, 0.717) is 6.61 Å². The van der Waals surface area contributed by atoms with E-state index in [-0.39, 0.29) is 5.97 Å². The average molecular weight is 278 g/mol. The summed E-state index contributed by atoms with van der Waals surface area (Å²) >= 11 is 0. The highest BCUT2D eigenvalue weighted by atomic mass is 16.5. The van der Waals surface area contributed by atoms with E-state index in [2.05, 4.69) is 37.0 Å². The maximum atomic E-state index is 10.5. The normalized spacial score (nSPS) is 10.3. The fourth-order valence-electron chi connectivity index (χ4n) is 1.74. The van der Waals surface area contributed by atoms with Gasteiger partial charge in [0, 0.05) is 6.92 Å². The van der Waals surface area contributed by atoms with Gasteiger partial charge < -0.3 is 4.74 Å². The van der Waals surface area contributed by atoms with E-state index >= 15 is 0 Å². The largest absolute Gasteiger partial charge is 0.466 e. The predicted octanol–water partition coefficient (Wildman–Crippen LogP) is 5.35. The van der Waals surface area contributed by atoms with E-state index in [1.807, 2.05) is 0 Å². The lowest BCUT2D eigenvalue weighted by molar-refractivity contribution is -0.141. The van der Waals surface area contributed by atoms with Gasteiger partial charge in [0.05, 0.1) is 6.61 Å². The summed E-state index contributed by atoms with van der Waals surface area (Å²) in [7, 11) is 0. The molecule has 0 bridgehead atoms. The number of esters is 1. The van der Waals surface area contributed by atoms with Gasteiger partial charge in [0.25, 0.3) is 0 Å². The first-order valence-corrected chi connectivity index (χ1v) is 7.95. The van der Waals surface area contributed by atoms with E-state index in [0.717, 1.165) is 32.1 Å². The zero-order valence-electron chi connectivity index (χ0n) is 13.2. The second-order valence-electron chi connectivity index (χ2n) is 4.96. The molecule has 0 saturated carbocycles. The molecule has 0 saturated heterocycles. The summed E-state index contributed by atoms with van der Waals surface area (Å²) in [6.07, 6.45) is 19.1. The molecule has 2 heteroatoms.